The van der Waals surface area contributed by atoms with Gasteiger partial charge in [0.05, 0.1) is 0 Å². The molecule has 8 nitrogen and oxygen atoms in total. The first kappa shape index (κ1) is 17.8. The van der Waals surface area contributed by atoms with Crippen molar-refractivity contribution in [1.82, 2.24) is 10.2 Å². The van der Waals surface area contributed by atoms with Crippen LogP contribution in [0.3, 0.4) is 0 Å². The minimum Gasteiger partial charge on any atom is -0.454 e. The summed E-state index contributed by atoms with van der Waals surface area (Å²) in [5.74, 6) is -0.684. The van der Waals surface area contributed by atoms with Gasteiger partial charge in [-0.25, -0.2) is 9.18 Å². The third-order valence-electron chi connectivity index (χ3n) is 4.63. The molecule has 2 aromatic carbocycles. The molecule has 0 unspecified atom stereocenters. The maximum atomic E-state index is 13.2. The first-order valence-electron chi connectivity index (χ1n) is 8.46. The zero-order valence-corrected chi connectivity index (χ0v) is 14.8. The summed E-state index contributed by atoms with van der Waals surface area (Å²) in [4.78, 5) is 38.3. The van der Waals surface area contributed by atoms with Crippen LogP contribution in [0.15, 0.2) is 42.5 Å². The van der Waals surface area contributed by atoms with Gasteiger partial charge in [-0.05, 0) is 42.8 Å². The minimum atomic E-state index is -1.35. The number of fused-ring (bicyclic) bond motifs is 1. The second kappa shape index (κ2) is 6.52. The molecular formula is C19H16FN3O5. The molecule has 144 valence electrons. The number of rotatable bonds is 4. The van der Waals surface area contributed by atoms with Crippen molar-refractivity contribution in [1.29, 1.82) is 0 Å². The summed E-state index contributed by atoms with van der Waals surface area (Å²) in [7, 11) is 0. The van der Waals surface area contributed by atoms with Gasteiger partial charge in [-0.15, -0.1) is 0 Å². The van der Waals surface area contributed by atoms with Crippen LogP contribution in [-0.2, 0) is 15.1 Å². The molecule has 2 aliphatic rings. The third-order valence-corrected chi connectivity index (χ3v) is 4.63. The summed E-state index contributed by atoms with van der Waals surface area (Å²) < 4.78 is 23.8. The number of hydrogen-bond donors (Lipinski definition) is 2. The normalized spacial score (nSPS) is 20.3. The number of halogens is 1. The summed E-state index contributed by atoms with van der Waals surface area (Å²) in [6, 6.07) is 9.56. The van der Waals surface area contributed by atoms with Crippen LogP contribution in [0.2, 0.25) is 0 Å². The smallest absolute Gasteiger partial charge is 0.325 e. The van der Waals surface area contributed by atoms with Crippen LogP contribution in [0.1, 0.15) is 12.5 Å². The van der Waals surface area contributed by atoms with Crippen LogP contribution in [0.4, 0.5) is 14.9 Å². The number of amides is 4. The highest BCUT2D eigenvalue weighted by molar-refractivity contribution is 6.10. The van der Waals surface area contributed by atoms with Crippen LogP contribution in [-0.4, -0.2) is 36.1 Å². The number of carbonyl (C=O) groups is 3. The van der Waals surface area contributed by atoms with Gasteiger partial charge in [0.25, 0.3) is 5.91 Å². The van der Waals surface area contributed by atoms with E-state index in [2.05, 4.69) is 10.6 Å². The molecule has 0 spiro atoms. The van der Waals surface area contributed by atoms with E-state index in [1.165, 1.54) is 18.2 Å². The van der Waals surface area contributed by atoms with Crippen molar-refractivity contribution in [3.63, 3.8) is 0 Å². The number of urea groups is 1. The summed E-state index contributed by atoms with van der Waals surface area (Å²) >= 11 is 0. The molecule has 0 bridgehead atoms. The Balaban J connectivity index is 1.51. The SMILES string of the molecule is C[C@@]1(c2ccc3c(c2)OCO3)NC(=O)N(CC(=O)Nc2cccc(F)c2)C1=O. The second-order valence-electron chi connectivity index (χ2n) is 6.57. The quantitative estimate of drug-likeness (QED) is 0.785. The van der Waals surface area contributed by atoms with Crippen LogP contribution < -0.4 is 20.1 Å². The van der Waals surface area contributed by atoms with E-state index >= 15 is 0 Å². The van der Waals surface area contributed by atoms with Gasteiger partial charge in [0.2, 0.25) is 12.7 Å². The van der Waals surface area contributed by atoms with Crippen molar-refractivity contribution in [2.45, 2.75) is 12.5 Å². The standard InChI is InChI=1S/C19H16FN3O5/c1-19(11-5-6-14-15(7-11)28-10-27-14)17(25)23(18(26)22-19)9-16(24)21-13-4-2-3-12(20)8-13/h2-8H,9-10H2,1H3,(H,21,24)(H,22,26)/t19-/m0/s1. The van der Waals surface area contributed by atoms with Crippen LogP contribution in [0, 0.1) is 5.82 Å². The number of benzene rings is 2. The van der Waals surface area contributed by atoms with Gasteiger partial charge >= 0.3 is 6.03 Å². The number of nitrogens with one attached hydrogen (secondary N) is 2. The average Bonchev–Trinajstić information content (AvgIpc) is 3.20. The summed E-state index contributed by atoms with van der Waals surface area (Å²) in [6.07, 6.45) is 0. The Morgan fingerprint density at radius 3 is 2.79 bits per heavy atom. The number of hydrogen-bond acceptors (Lipinski definition) is 5. The van der Waals surface area contributed by atoms with Gasteiger partial charge in [-0.1, -0.05) is 12.1 Å². The zero-order valence-electron chi connectivity index (χ0n) is 14.8. The molecule has 2 heterocycles. The van der Waals surface area contributed by atoms with Crippen molar-refractivity contribution in [2.75, 3.05) is 18.7 Å². The molecule has 1 fully saturated rings. The average molecular weight is 385 g/mol. The molecule has 2 aliphatic heterocycles. The molecule has 2 aromatic rings. The molecule has 1 atom stereocenters. The Morgan fingerprint density at radius 2 is 2.00 bits per heavy atom. The van der Waals surface area contributed by atoms with Crippen molar-refractivity contribution < 1.29 is 28.2 Å². The Hall–Kier alpha value is -3.62. The van der Waals surface area contributed by atoms with E-state index in [1.807, 2.05) is 0 Å². The fraction of sp³-hybridized carbons (Fsp3) is 0.211. The number of imide groups is 1. The first-order valence-corrected chi connectivity index (χ1v) is 8.46. The van der Waals surface area contributed by atoms with E-state index in [-0.39, 0.29) is 12.5 Å². The van der Waals surface area contributed by atoms with Gasteiger partial charge in [0.1, 0.15) is 17.9 Å². The molecule has 0 saturated carbocycles. The number of carbonyl (C=O) groups excluding carboxylic acids is 3. The Kier molecular flexibility index (Phi) is 4.14. The summed E-state index contributed by atoms with van der Waals surface area (Å²) in [6.45, 7) is 1.14. The highest BCUT2D eigenvalue weighted by Crippen LogP contribution is 2.37. The highest BCUT2D eigenvalue weighted by atomic mass is 19.1. The van der Waals surface area contributed by atoms with E-state index in [0.717, 1.165) is 11.0 Å². The molecule has 0 aliphatic carbocycles. The van der Waals surface area contributed by atoms with Crippen LogP contribution in [0.5, 0.6) is 11.5 Å². The van der Waals surface area contributed by atoms with E-state index in [1.54, 1.807) is 25.1 Å². The minimum absolute atomic E-state index is 0.0855. The molecule has 28 heavy (non-hydrogen) atoms. The Bertz CT molecular complexity index is 995. The zero-order chi connectivity index (χ0) is 19.9. The van der Waals surface area contributed by atoms with Gasteiger partial charge in [-0.3, -0.25) is 14.5 Å². The predicted molar refractivity (Wildman–Crippen MR) is 95.2 cm³/mol. The van der Waals surface area contributed by atoms with Crippen molar-refractivity contribution >= 4 is 23.5 Å². The largest absolute Gasteiger partial charge is 0.454 e. The number of nitrogens with zero attached hydrogens (tertiary/aromatic N) is 1. The third kappa shape index (κ3) is 3.00. The molecule has 1 saturated heterocycles. The second-order valence-corrected chi connectivity index (χ2v) is 6.57. The van der Waals surface area contributed by atoms with Crippen molar-refractivity contribution in [2.24, 2.45) is 0 Å². The lowest BCUT2D eigenvalue weighted by molar-refractivity contribution is -0.133. The number of anilines is 1. The highest BCUT2D eigenvalue weighted by Gasteiger charge is 2.49. The van der Waals surface area contributed by atoms with Gasteiger partial charge < -0.3 is 20.1 Å². The van der Waals surface area contributed by atoms with Crippen LogP contribution in [0.25, 0.3) is 0 Å². The van der Waals surface area contributed by atoms with E-state index < -0.39 is 35.7 Å². The van der Waals surface area contributed by atoms with Gasteiger partial charge in [0, 0.05) is 5.69 Å². The van der Waals surface area contributed by atoms with Crippen LogP contribution >= 0.6 is 0 Å². The van der Waals surface area contributed by atoms with Gasteiger partial charge in [0.15, 0.2) is 11.5 Å². The summed E-state index contributed by atoms with van der Waals surface area (Å²) in [5.41, 5.74) is -0.615. The molecule has 4 rings (SSSR count). The van der Waals surface area contributed by atoms with Crippen molar-refractivity contribution in [3.05, 3.63) is 53.8 Å². The maximum absolute atomic E-state index is 13.2. The van der Waals surface area contributed by atoms with Crippen molar-refractivity contribution in [3.8, 4) is 11.5 Å². The molecule has 0 aromatic heterocycles. The fourth-order valence-corrected chi connectivity index (χ4v) is 3.15. The van der Waals surface area contributed by atoms with E-state index in [9.17, 15) is 18.8 Å². The molecule has 2 N–H and O–H groups in total. The summed E-state index contributed by atoms with van der Waals surface area (Å²) in [5, 5.41) is 5.08. The van der Waals surface area contributed by atoms with E-state index in [0.29, 0.717) is 17.1 Å². The Labute approximate surface area is 159 Å². The predicted octanol–water partition coefficient (Wildman–Crippen LogP) is 1.96. The topological polar surface area (TPSA) is 97.0 Å². The molecular weight excluding hydrogens is 369 g/mol. The number of ether oxygens (including phenoxy) is 2. The lowest BCUT2D eigenvalue weighted by Crippen LogP contribution is -2.42. The monoisotopic (exact) mass is 385 g/mol. The Morgan fingerprint density at radius 1 is 1.21 bits per heavy atom. The lowest BCUT2D eigenvalue weighted by Gasteiger charge is -2.22. The first-order chi connectivity index (χ1) is 13.4. The lowest BCUT2D eigenvalue weighted by atomic mass is 9.91. The molecule has 9 heteroatoms. The van der Waals surface area contributed by atoms with Gasteiger partial charge in [-0.2, -0.15) is 0 Å². The fourth-order valence-electron chi connectivity index (χ4n) is 3.15. The molecule has 4 amide bonds. The van der Waals surface area contributed by atoms with E-state index in [4.69, 9.17) is 9.47 Å². The molecule has 0 radical (unpaired) electrons. The maximum Gasteiger partial charge on any atom is 0.325 e.